The number of methoxy groups -OCH3 is 1. The van der Waals surface area contributed by atoms with E-state index in [1.54, 1.807) is 37.4 Å². The van der Waals surface area contributed by atoms with Gasteiger partial charge in [-0.2, -0.15) is 0 Å². The van der Waals surface area contributed by atoms with Crippen molar-refractivity contribution in [2.24, 2.45) is 0 Å². The summed E-state index contributed by atoms with van der Waals surface area (Å²) >= 11 is 0. The zero-order valence-electron chi connectivity index (χ0n) is 18.7. The lowest BCUT2D eigenvalue weighted by Crippen LogP contribution is -2.41. The first-order valence-corrected chi connectivity index (χ1v) is 11.7. The van der Waals surface area contributed by atoms with E-state index in [9.17, 15) is 13.2 Å². The Morgan fingerprint density at radius 3 is 2.22 bits per heavy atom. The van der Waals surface area contributed by atoms with Crippen molar-refractivity contribution in [2.45, 2.75) is 31.7 Å². The van der Waals surface area contributed by atoms with Gasteiger partial charge in [0.25, 0.3) is 10.0 Å². The number of ether oxygens (including phenoxy) is 1. The highest BCUT2D eigenvalue weighted by molar-refractivity contribution is 7.92. The van der Waals surface area contributed by atoms with E-state index < -0.39 is 15.9 Å². The Morgan fingerprint density at radius 2 is 1.62 bits per heavy atom. The molecule has 7 heteroatoms. The zero-order chi connectivity index (χ0) is 23.3. The third kappa shape index (κ3) is 5.29. The average molecular weight is 453 g/mol. The number of carbonyl (C=O) groups excluding carboxylic acids is 1. The molecule has 0 fully saturated rings. The molecule has 0 aromatic heterocycles. The standard InChI is InChI=1S/C25H28N2O4S/c1-18-10-13-22(16-19(18)2)27(32(29,30)24-8-6-5-7-9-24)17-25(28)26-20(3)21-11-14-23(31-4)15-12-21/h5-16,20H,17H2,1-4H3,(H,26,28)/t20-/m0/s1. The zero-order valence-corrected chi connectivity index (χ0v) is 19.5. The Morgan fingerprint density at radius 1 is 0.969 bits per heavy atom. The van der Waals surface area contributed by atoms with Crippen LogP contribution < -0.4 is 14.4 Å². The quantitative estimate of drug-likeness (QED) is 0.550. The Labute approximate surface area is 189 Å². The van der Waals surface area contributed by atoms with Crippen molar-refractivity contribution in [1.82, 2.24) is 5.32 Å². The number of hydrogen-bond donors (Lipinski definition) is 1. The minimum atomic E-state index is -3.93. The fraction of sp³-hybridized carbons (Fsp3) is 0.240. The molecule has 168 valence electrons. The van der Waals surface area contributed by atoms with Crippen molar-refractivity contribution in [1.29, 1.82) is 0 Å². The molecule has 1 atom stereocenters. The maximum atomic E-state index is 13.4. The molecule has 1 N–H and O–H groups in total. The number of rotatable bonds is 8. The third-order valence-corrected chi connectivity index (χ3v) is 7.18. The van der Waals surface area contributed by atoms with Gasteiger partial charge in [0.2, 0.25) is 5.91 Å². The molecular formula is C25H28N2O4S. The number of anilines is 1. The molecule has 0 unspecified atom stereocenters. The van der Waals surface area contributed by atoms with Gasteiger partial charge in [0, 0.05) is 0 Å². The van der Waals surface area contributed by atoms with Crippen molar-refractivity contribution < 1.29 is 17.9 Å². The van der Waals surface area contributed by atoms with Crippen LogP contribution in [-0.2, 0) is 14.8 Å². The highest BCUT2D eigenvalue weighted by Gasteiger charge is 2.27. The van der Waals surface area contributed by atoms with Crippen LogP contribution in [0, 0.1) is 13.8 Å². The Kier molecular flexibility index (Phi) is 7.20. The van der Waals surface area contributed by atoms with E-state index in [1.807, 2.05) is 51.1 Å². The van der Waals surface area contributed by atoms with Gasteiger partial charge in [0.05, 0.1) is 23.7 Å². The summed E-state index contributed by atoms with van der Waals surface area (Å²) in [5.41, 5.74) is 3.33. The normalized spacial score (nSPS) is 12.1. The van der Waals surface area contributed by atoms with Gasteiger partial charge in [-0.25, -0.2) is 8.42 Å². The Hall–Kier alpha value is -3.32. The van der Waals surface area contributed by atoms with Crippen LogP contribution in [0.4, 0.5) is 5.69 Å². The van der Waals surface area contributed by atoms with E-state index in [1.165, 1.54) is 12.1 Å². The molecule has 0 spiro atoms. The summed E-state index contributed by atoms with van der Waals surface area (Å²) in [5.74, 6) is 0.327. The maximum absolute atomic E-state index is 13.4. The van der Waals surface area contributed by atoms with Crippen molar-refractivity contribution in [3.63, 3.8) is 0 Å². The van der Waals surface area contributed by atoms with Crippen molar-refractivity contribution in [3.05, 3.63) is 89.5 Å². The fourth-order valence-electron chi connectivity index (χ4n) is 3.31. The molecule has 0 saturated heterocycles. The maximum Gasteiger partial charge on any atom is 0.264 e. The monoisotopic (exact) mass is 452 g/mol. The lowest BCUT2D eigenvalue weighted by Gasteiger charge is -2.25. The predicted molar refractivity (Wildman–Crippen MR) is 126 cm³/mol. The Balaban J connectivity index is 1.88. The lowest BCUT2D eigenvalue weighted by atomic mass is 10.1. The van der Waals surface area contributed by atoms with E-state index in [4.69, 9.17) is 4.74 Å². The highest BCUT2D eigenvalue weighted by Crippen LogP contribution is 2.26. The van der Waals surface area contributed by atoms with Gasteiger partial charge in [-0.05, 0) is 73.9 Å². The summed E-state index contributed by atoms with van der Waals surface area (Å²) < 4.78 is 33.2. The number of amides is 1. The molecule has 6 nitrogen and oxygen atoms in total. The van der Waals surface area contributed by atoms with Crippen LogP contribution in [0.2, 0.25) is 0 Å². The third-order valence-electron chi connectivity index (χ3n) is 5.39. The van der Waals surface area contributed by atoms with Crippen molar-refractivity contribution in [2.75, 3.05) is 18.0 Å². The van der Waals surface area contributed by atoms with E-state index in [2.05, 4.69) is 5.32 Å². The number of hydrogen-bond acceptors (Lipinski definition) is 4. The second-order valence-electron chi connectivity index (χ2n) is 7.66. The van der Waals surface area contributed by atoms with Gasteiger partial charge in [-0.1, -0.05) is 36.4 Å². The first-order chi connectivity index (χ1) is 15.2. The molecule has 0 saturated carbocycles. The largest absolute Gasteiger partial charge is 0.497 e. The van der Waals surface area contributed by atoms with Crippen molar-refractivity contribution >= 4 is 21.6 Å². The topological polar surface area (TPSA) is 75.7 Å². The molecule has 3 aromatic rings. The summed E-state index contributed by atoms with van der Waals surface area (Å²) in [6.45, 7) is 5.39. The summed E-state index contributed by atoms with van der Waals surface area (Å²) in [6.07, 6.45) is 0. The van der Waals surface area contributed by atoms with E-state index in [-0.39, 0.29) is 17.5 Å². The number of nitrogens with zero attached hydrogens (tertiary/aromatic N) is 1. The second-order valence-corrected chi connectivity index (χ2v) is 9.52. The predicted octanol–water partition coefficient (Wildman–Crippen LogP) is 4.38. The summed E-state index contributed by atoms with van der Waals surface area (Å²) in [6, 6.07) is 20.6. The first kappa shape index (κ1) is 23.3. The van der Waals surface area contributed by atoms with Gasteiger partial charge in [0.15, 0.2) is 0 Å². The minimum absolute atomic E-state index is 0.134. The molecule has 0 aliphatic carbocycles. The average Bonchev–Trinajstić information content (AvgIpc) is 2.80. The van der Waals surface area contributed by atoms with Crippen LogP contribution in [-0.4, -0.2) is 28.0 Å². The van der Waals surface area contributed by atoms with Crippen LogP contribution in [0.15, 0.2) is 77.7 Å². The number of sulfonamides is 1. The summed E-state index contributed by atoms with van der Waals surface area (Å²) in [5, 5.41) is 2.90. The number of nitrogens with one attached hydrogen (secondary N) is 1. The van der Waals surface area contributed by atoms with Crippen LogP contribution in [0.25, 0.3) is 0 Å². The van der Waals surface area contributed by atoms with Crippen LogP contribution in [0.1, 0.15) is 29.7 Å². The van der Waals surface area contributed by atoms with E-state index >= 15 is 0 Å². The highest BCUT2D eigenvalue weighted by atomic mass is 32.2. The number of carbonyl (C=O) groups is 1. The lowest BCUT2D eigenvalue weighted by molar-refractivity contribution is -0.120. The smallest absolute Gasteiger partial charge is 0.264 e. The molecule has 0 aliphatic heterocycles. The van der Waals surface area contributed by atoms with Gasteiger partial charge < -0.3 is 10.1 Å². The van der Waals surface area contributed by atoms with Gasteiger partial charge in [-0.3, -0.25) is 9.10 Å². The van der Waals surface area contributed by atoms with Gasteiger partial charge >= 0.3 is 0 Å². The molecule has 0 radical (unpaired) electrons. The molecule has 0 bridgehead atoms. The van der Waals surface area contributed by atoms with Crippen LogP contribution >= 0.6 is 0 Å². The molecule has 32 heavy (non-hydrogen) atoms. The van der Waals surface area contributed by atoms with Crippen molar-refractivity contribution in [3.8, 4) is 5.75 Å². The SMILES string of the molecule is COc1ccc([C@H](C)NC(=O)CN(c2ccc(C)c(C)c2)S(=O)(=O)c2ccccc2)cc1. The molecular weight excluding hydrogens is 424 g/mol. The van der Waals surface area contributed by atoms with E-state index in [0.29, 0.717) is 5.69 Å². The minimum Gasteiger partial charge on any atom is -0.497 e. The number of aryl methyl sites for hydroxylation is 2. The van der Waals surface area contributed by atoms with Gasteiger partial charge in [-0.15, -0.1) is 0 Å². The Bertz CT molecular complexity index is 1180. The molecule has 3 rings (SSSR count). The van der Waals surface area contributed by atoms with E-state index in [0.717, 1.165) is 26.7 Å². The first-order valence-electron chi connectivity index (χ1n) is 10.3. The molecule has 3 aromatic carbocycles. The fourth-order valence-corrected chi connectivity index (χ4v) is 4.74. The molecule has 0 heterocycles. The second kappa shape index (κ2) is 9.87. The summed E-state index contributed by atoms with van der Waals surface area (Å²) in [7, 11) is -2.34. The van der Waals surface area contributed by atoms with Crippen LogP contribution in [0.5, 0.6) is 5.75 Å². The summed E-state index contributed by atoms with van der Waals surface area (Å²) in [4.78, 5) is 13.1. The van der Waals surface area contributed by atoms with Crippen LogP contribution in [0.3, 0.4) is 0 Å². The molecule has 0 aliphatic rings. The molecule has 1 amide bonds. The number of benzene rings is 3. The van der Waals surface area contributed by atoms with Gasteiger partial charge in [0.1, 0.15) is 12.3 Å².